The third kappa shape index (κ3) is 2.66. The van der Waals surface area contributed by atoms with Gasteiger partial charge in [-0.3, -0.25) is 9.59 Å². The molecule has 0 saturated carbocycles. The molecule has 0 aliphatic carbocycles. The van der Waals surface area contributed by atoms with E-state index in [1.807, 2.05) is 18.4 Å². The fraction of sp³-hybridized carbons (Fsp3) is 0.0667. The third-order valence-electron chi connectivity index (χ3n) is 3.16. The molecule has 3 rings (SSSR count). The van der Waals surface area contributed by atoms with Gasteiger partial charge >= 0.3 is 0 Å². The van der Waals surface area contributed by atoms with Gasteiger partial charge in [-0.2, -0.15) is 10.2 Å². The van der Waals surface area contributed by atoms with E-state index in [2.05, 4.69) is 20.7 Å². The van der Waals surface area contributed by atoms with Crippen molar-refractivity contribution in [2.75, 3.05) is 0 Å². The summed E-state index contributed by atoms with van der Waals surface area (Å²) in [6, 6.07) is 8.78. The monoisotopic (exact) mass is 312 g/mol. The van der Waals surface area contributed by atoms with E-state index in [1.165, 1.54) is 11.3 Å². The first-order valence-electron chi connectivity index (χ1n) is 6.52. The summed E-state index contributed by atoms with van der Waals surface area (Å²) >= 11 is 1.54. The minimum absolute atomic E-state index is 0.134. The van der Waals surface area contributed by atoms with Crippen LogP contribution in [0.25, 0.3) is 10.8 Å². The van der Waals surface area contributed by atoms with Crippen LogP contribution in [0.15, 0.2) is 45.6 Å². The Morgan fingerprint density at radius 1 is 1.32 bits per heavy atom. The van der Waals surface area contributed by atoms with Crippen molar-refractivity contribution in [2.24, 2.45) is 5.10 Å². The number of carbonyl (C=O) groups excluding carboxylic acids is 1. The molecule has 0 saturated heterocycles. The smallest absolute Gasteiger partial charge is 0.267 e. The van der Waals surface area contributed by atoms with Crippen LogP contribution in [0.5, 0.6) is 0 Å². The molecule has 0 unspecified atom stereocenters. The number of nitrogens with one attached hydrogen (secondary N) is 2. The van der Waals surface area contributed by atoms with Gasteiger partial charge in [0.05, 0.1) is 11.6 Å². The number of hydrogen-bond acceptors (Lipinski definition) is 5. The van der Waals surface area contributed by atoms with Gasteiger partial charge in [-0.25, -0.2) is 10.5 Å². The molecule has 0 aliphatic heterocycles. The Balaban J connectivity index is 1.87. The highest BCUT2D eigenvalue weighted by atomic mass is 32.1. The molecular formula is C15H12N4O2S. The van der Waals surface area contributed by atoms with Gasteiger partial charge in [0, 0.05) is 10.3 Å². The molecule has 0 atom stereocenters. The maximum Gasteiger partial charge on any atom is 0.292 e. The van der Waals surface area contributed by atoms with Gasteiger partial charge < -0.3 is 0 Å². The number of aromatic nitrogens is 2. The number of amides is 1. The molecule has 1 amide bonds. The molecule has 0 fully saturated rings. The summed E-state index contributed by atoms with van der Waals surface area (Å²) in [6.45, 7) is 1.97. The van der Waals surface area contributed by atoms with E-state index in [1.54, 1.807) is 30.5 Å². The fourth-order valence-electron chi connectivity index (χ4n) is 2.01. The van der Waals surface area contributed by atoms with Gasteiger partial charge in [-0.1, -0.05) is 18.2 Å². The summed E-state index contributed by atoms with van der Waals surface area (Å²) in [5, 5.41) is 12.9. The van der Waals surface area contributed by atoms with Gasteiger partial charge in [-0.05, 0) is 30.0 Å². The van der Waals surface area contributed by atoms with Crippen molar-refractivity contribution in [3.8, 4) is 0 Å². The Bertz CT molecular complexity index is 926. The lowest BCUT2D eigenvalue weighted by Gasteiger charge is -2.02. The first kappa shape index (κ1) is 14.2. The molecule has 6 nitrogen and oxygen atoms in total. The number of aromatic amines is 1. The van der Waals surface area contributed by atoms with Crippen molar-refractivity contribution in [2.45, 2.75) is 6.92 Å². The number of hydrazone groups is 1. The molecule has 22 heavy (non-hydrogen) atoms. The lowest BCUT2D eigenvalue weighted by atomic mass is 10.1. The average Bonchev–Trinajstić information content (AvgIpc) is 2.93. The second kappa shape index (κ2) is 5.90. The fourth-order valence-corrected chi connectivity index (χ4v) is 2.79. The van der Waals surface area contributed by atoms with Crippen LogP contribution in [-0.4, -0.2) is 22.3 Å². The summed E-state index contributed by atoms with van der Waals surface area (Å²) < 4.78 is 0. The van der Waals surface area contributed by atoms with Crippen LogP contribution in [0, 0.1) is 6.92 Å². The maximum absolute atomic E-state index is 12.2. The average molecular weight is 312 g/mol. The Hall–Kier alpha value is -2.80. The number of aryl methyl sites for hydroxylation is 1. The summed E-state index contributed by atoms with van der Waals surface area (Å²) in [6.07, 6.45) is 1.59. The minimum atomic E-state index is -0.474. The van der Waals surface area contributed by atoms with Crippen molar-refractivity contribution < 1.29 is 4.79 Å². The predicted octanol–water partition coefficient (Wildman–Crippen LogP) is 2.06. The normalized spacial score (nSPS) is 11.1. The standard InChI is InChI=1S/C15H12N4O2S/c1-9-6-7-22-12(9)8-16-18-15(21)13-10-4-2-3-5-11(10)14(20)19-17-13/h2-8H,1H3,(H,18,21)(H,19,20)/b16-8-. The van der Waals surface area contributed by atoms with E-state index in [0.29, 0.717) is 10.8 Å². The first-order chi connectivity index (χ1) is 10.7. The highest BCUT2D eigenvalue weighted by Crippen LogP contribution is 2.13. The van der Waals surface area contributed by atoms with Crippen LogP contribution >= 0.6 is 11.3 Å². The zero-order chi connectivity index (χ0) is 15.5. The number of H-pyrrole nitrogens is 1. The number of rotatable bonds is 3. The lowest BCUT2D eigenvalue weighted by molar-refractivity contribution is 0.0951. The largest absolute Gasteiger partial charge is 0.292 e. The summed E-state index contributed by atoms with van der Waals surface area (Å²) in [5.41, 5.74) is 3.33. The molecule has 3 aromatic rings. The van der Waals surface area contributed by atoms with E-state index in [9.17, 15) is 9.59 Å². The third-order valence-corrected chi connectivity index (χ3v) is 4.11. The topological polar surface area (TPSA) is 87.2 Å². The second-order valence-corrected chi connectivity index (χ2v) is 5.56. The maximum atomic E-state index is 12.2. The van der Waals surface area contributed by atoms with Gasteiger partial charge in [0.1, 0.15) is 0 Å². The number of benzene rings is 1. The number of fused-ring (bicyclic) bond motifs is 1. The molecule has 2 N–H and O–H groups in total. The zero-order valence-electron chi connectivity index (χ0n) is 11.7. The van der Waals surface area contributed by atoms with Crippen molar-refractivity contribution in [1.29, 1.82) is 0 Å². The van der Waals surface area contributed by atoms with Gasteiger partial charge in [0.15, 0.2) is 5.69 Å². The van der Waals surface area contributed by atoms with Crippen molar-refractivity contribution in [3.63, 3.8) is 0 Å². The lowest BCUT2D eigenvalue weighted by Crippen LogP contribution is -2.22. The molecule has 2 heterocycles. The number of thiophene rings is 1. The van der Waals surface area contributed by atoms with Crippen molar-refractivity contribution in [3.05, 3.63) is 62.2 Å². The van der Waals surface area contributed by atoms with Crippen LogP contribution in [0.4, 0.5) is 0 Å². The second-order valence-electron chi connectivity index (χ2n) is 4.61. The van der Waals surface area contributed by atoms with Gasteiger partial charge in [0.2, 0.25) is 0 Å². The number of carbonyl (C=O) groups is 1. The Morgan fingerprint density at radius 2 is 2.09 bits per heavy atom. The van der Waals surface area contributed by atoms with Crippen molar-refractivity contribution in [1.82, 2.24) is 15.6 Å². The number of nitrogens with zero attached hydrogens (tertiary/aromatic N) is 2. The summed E-state index contributed by atoms with van der Waals surface area (Å²) in [5.74, 6) is -0.474. The van der Waals surface area contributed by atoms with Crippen LogP contribution in [0.1, 0.15) is 20.9 Å². The van der Waals surface area contributed by atoms with Crippen LogP contribution < -0.4 is 11.0 Å². The molecule has 1 aromatic carbocycles. The number of hydrogen-bond donors (Lipinski definition) is 2. The first-order valence-corrected chi connectivity index (χ1v) is 7.39. The van der Waals surface area contributed by atoms with E-state index >= 15 is 0 Å². The van der Waals surface area contributed by atoms with E-state index < -0.39 is 5.91 Å². The Morgan fingerprint density at radius 3 is 2.82 bits per heavy atom. The quantitative estimate of drug-likeness (QED) is 0.573. The van der Waals surface area contributed by atoms with E-state index in [-0.39, 0.29) is 11.3 Å². The molecule has 0 bridgehead atoms. The predicted molar refractivity (Wildman–Crippen MR) is 86.5 cm³/mol. The van der Waals surface area contributed by atoms with Crippen molar-refractivity contribution >= 4 is 34.2 Å². The highest BCUT2D eigenvalue weighted by Gasteiger charge is 2.13. The van der Waals surface area contributed by atoms with Crippen LogP contribution in [0.2, 0.25) is 0 Å². The van der Waals surface area contributed by atoms with Crippen LogP contribution in [0.3, 0.4) is 0 Å². The Kier molecular flexibility index (Phi) is 3.80. The Labute approximate surface area is 129 Å². The molecule has 0 spiro atoms. The highest BCUT2D eigenvalue weighted by molar-refractivity contribution is 7.11. The molecule has 0 radical (unpaired) electrons. The molecule has 0 aliphatic rings. The summed E-state index contributed by atoms with van der Waals surface area (Å²) in [7, 11) is 0. The van der Waals surface area contributed by atoms with E-state index in [4.69, 9.17) is 0 Å². The molecule has 110 valence electrons. The molecular weight excluding hydrogens is 300 g/mol. The van der Waals surface area contributed by atoms with Crippen LogP contribution in [-0.2, 0) is 0 Å². The van der Waals surface area contributed by atoms with Gasteiger partial charge in [-0.15, -0.1) is 11.3 Å². The molecule has 2 aromatic heterocycles. The summed E-state index contributed by atoms with van der Waals surface area (Å²) in [4.78, 5) is 24.8. The minimum Gasteiger partial charge on any atom is -0.267 e. The molecule has 7 heteroatoms. The zero-order valence-corrected chi connectivity index (χ0v) is 12.5. The SMILES string of the molecule is Cc1ccsc1/C=N\NC(=O)c1n[nH]c(=O)c2ccccc12. The van der Waals surface area contributed by atoms with E-state index in [0.717, 1.165) is 10.4 Å². The van der Waals surface area contributed by atoms with Gasteiger partial charge in [0.25, 0.3) is 11.5 Å².